The number of amidine groups is 2. The van der Waals surface area contributed by atoms with Gasteiger partial charge in [-0.3, -0.25) is 9.11 Å². The molecule has 0 atom stereocenters. The van der Waals surface area contributed by atoms with Gasteiger partial charge in [0.15, 0.2) is 11.7 Å². The van der Waals surface area contributed by atoms with Gasteiger partial charge in [0.2, 0.25) is 0 Å². The Hall–Kier alpha value is -2.42. The van der Waals surface area contributed by atoms with Gasteiger partial charge in [-0.15, -0.1) is 0 Å². The molecule has 40 heavy (non-hydrogen) atoms. The number of nitrogens with two attached hydrogens (primary N) is 2. The van der Waals surface area contributed by atoms with Crippen LogP contribution in [0.3, 0.4) is 0 Å². The van der Waals surface area contributed by atoms with Gasteiger partial charge in [0.25, 0.3) is 20.2 Å². The molecular weight excluding hydrogens is 560 g/mol. The Balaban J connectivity index is 3.83. The summed E-state index contributed by atoms with van der Waals surface area (Å²) in [6.07, 6.45) is 0.0999. The highest BCUT2D eigenvalue weighted by molar-refractivity contribution is 7.86. The molecule has 0 aromatic heterocycles. The summed E-state index contributed by atoms with van der Waals surface area (Å²) in [6.45, 7) is 16.2. The van der Waals surface area contributed by atoms with Crippen LogP contribution in [0.4, 0.5) is 0 Å². The maximum Gasteiger partial charge on any atom is 0.264 e. The van der Waals surface area contributed by atoms with Crippen molar-refractivity contribution in [2.45, 2.75) is 91.9 Å². The van der Waals surface area contributed by atoms with Gasteiger partial charge in [-0.1, -0.05) is 65.7 Å². The summed E-state index contributed by atoms with van der Waals surface area (Å²) in [5, 5.41) is 8.26. The first-order valence-electron chi connectivity index (χ1n) is 13.3. The summed E-state index contributed by atoms with van der Waals surface area (Å²) in [4.78, 5) is 10.7. The highest BCUT2D eigenvalue weighted by Crippen LogP contribution is 2.42. The molecule has 6 N–H and O–H groups in total. The lowest BCUT2D eigenvalue weighted by Crippen LogP contribution is -2.29. The molecule has 0 heterocycles. The van der Waals surface area contributed by atoms with Gasteiger partial charge in [0, 0.05) is 24.0 Å². The summed E-state index contributed by atoms with van der Waals surface area (Å²) in [5.41, 5.74) is 18.3. The van der Waals surface area contributed by atoms with Gasteiger partial charge in [0.1, 0.15) is 13.2 Å². The molecule has 1 aromatic rings. The fourth-order valence-electron chi connectivity index (χ4n) is 4.71. The maximum atomic E-state index is 11.0. The molecule has 0 aliphatic rings. The van der Waals surface area contributed by atoms with Crippen LogP contribution in [0.15, 0.2) is 10.3 Å². The van der Waals surface area contributed by atoms with Crippen molar-refractivity contribution in [3.05, 3.63) is 33.4 Å². The molecular formula is C26H46N4O8S2. The largest absolute Gasteiger partial charge is 0.394 e. The molecule has 0 radical (unpaired) electrons. The molecule has 14 heteroatoms. The third kappa shape index (κ3) is 10.5. The Morgan fingerprint density at radius 1 is 0.625 bits per heavy atom. The van der Waals surface area contributed by atoms with Crippen LogP contribution in [0.5, 0.6) is 0 Å². The Morgan fingerprint density at radius 2 is 0.875 bits per heavy atom. The maximum absolute atomic E-state index is 11.0. The van der Waals surface area contributed by atoms with E-state index in [9.17, 15) is 16.8 Å². The van der Waals surface area contributed by atoms with E-state index in [0.717, 1.165) is 33.4 Å². The van der Waals surface area contributed by atoms with Gasteiger partial charge in [-0.05, 0) is 45.9 Å². The zero-order valence-corrected chi connectivity index (χ0v) is 26.4. The van der Waals surface area contributed by atoms with Crippen molar-refractivity contribution in [1.82, 2.24) is 0 Å². The third-order valence-electron chi connectivity index (χ3n) is 6.08. The molecule has 0 saturated heterocycles. The van der Waals surface area contributed by atoms with Crippen LogP contribution in [-0.4, -0.2) is 62.3 Å². The molecule has 1 aromatic carbocycles. The molecule has 12 nitrogen and oxygen atoms in total. The highest BCUT2D eigenvalue weighted by Gasteiger charge is 2.32. The predicted molar refractivity (Wildman–Crippen MR) is 158 cm³/mol. The monoisotopic (exact) mass is 606 g/mol. The topological polar surface area (TPSA) is 204 Å². The van der Waals surface area contributed by atoms with Crippen LogP contribution >= 0.6 is 0 Å². The molecule has 0 saturated carbocycles. The Morgan fingerprint density at radius 3 is 1.07 bits per heavy atom. The van der Waals surface area contributed by atoms with Crippen molar-refractivity contribution in [3.8, 4) is 0 Å². The summed E-state index contributed by atoms with van der Waals surface area (Å²) in [5.74, 6) is -0.654. The van der Waals surface area contributed by atoms with Gasteiger partial charge in [-0.25, -0.2) is 0 Å². The van der Waals surface area contributed by atoms with Crippen LogP contribution < -0.4 is 11.5 Å². The summed E-state index contributed by atoms with van der Waals surface area (Å²) < 4.78 is 61.9. The first kappa shape index (κ1) is 35.6. The van der Waals surface area contributed by atoms with E-state index in [1.165, 1.54) is 0 Å². The van der Waals surface area contributed by atoms with Crippen LogP contribution in [0.1, 0.15) is 125 Å². The first-order valence-corrected chi connectivity index (χ1v) is 16.6. The number of benzene rings is 1. The molecule has 0 fully saturated rings. The van der Waals surface area contributed by atoms with Crippen LogP contribution in [0.2, 0.25) is 0 Å². The molecule has 1 rings (SSSR count). The van der Waals surface area contributed by atoms with E-state index >= 15 is 0 Å². The van der Waals surface area contributed by atoms with Gasteiger partial charge in [0.05, 0.1) is 11.5 Å². The lowest BCUT2D eigenvalue weighted by atomic mass is 9.73. The highest BCUT2D eigenvalue weighted by atomic mass is 32.2. The van der Waals surface area contributed by atoms with E-state index in [1.807, 2.05) is 55.4 Å². The Bertz CT molecular complexity index is 1150. The molecule has 0 spiro atoms. The second kappa shape index (κ2) is 15.0. The smallest absolute Gasteiger partial charge is 0.264 e. The van der Waals surface area contributed by atoms with E-state index in [1.54, 1.807) is 0 Å². The summed E-state index contributed by atoms with van der Waals surface area (Å²) in [7, 11) is -8.21. The lowest BCUT2D eigenvalue weighted by molar-refractivity contribution is 0.145. The summed E-state index contributed by atoms with van der Waals surface area (Å²) in [6, 6.07) is 0. The van der Waals surface area contributed by atoms with Crippen molar-refractivity contribution in [2.75, 3.05) is 24.7 Å². The van der Waals surface area contributed by atoms with E-state index in [0.29, 0.717) is 0 Å². The normalized spacial score (nSPS) is 13.7. The van der Waals surface area contributed by atoms with Crippen LogP contribution in [0.25, 0.3) is 0 Å². The Labute approximate surface area is 239 Å². The third-order valence-corrected chi connectivity index (χ3v) is 7.69. The SMILES string of the molecule is CC(C)c1c(/C(N)=N/OCCCS(=O)(=O)O)c(C(C)C)c(C(C)C)c(/C(N)=N/OCCCS(=O)(=O)O)c1C(C)C. The van der Waals surface area contributed by atoms with Crippen LogP contribution in [0, 0.1) is 0 Å². The van der Waals surface area contributed by atoms with E-state index in [-0.39, 0.29) is 61.4 Å². The average molecular weight is 607 g/mol. The van der Waals surface area contributed by atoms with E-state index in [4.69, 9.17) is 30.2 Å². The summed E-state index contributed by atoms with van der Waals surface area (Å²) >= 11 is 0. The molecule has 0 unspecified atom stereocenters. The van der Waals surface area contributed by atoms with Crippen molar-refractivity contribution in [3.63, 3.8) is 0 Å². The first-order chi connectivity index (χ1) is 18.3. The zero-order chi connectivity index (χ0) is 31.0. The van der Waals surface area contributed by atoms with Crippen molar-refractivity contribution in [1.29, 1.82) is 0 Å². The minimum atomic E-state index is -4.10. The van der Waals surface area contributed by atoms with E-state index in [2.05, 4.69) is 10.3 Å². The second-order valence-electron chi connectivity index (χ2n) is 10.9. The number of rotatable bonds is 16. The zero-order valence-electron chi connectivity index (χ0n) is 24.8. The van der Waals surface area contributed by atoms with Crippen molar-refractivity contribution < 1.29 is 35.6 Å². The number of hydrogen-bond donors (Lipinski definition) is 4. The van der Waals surface area contributed by atoms with Gasteiger partial charge < -0.3 is 21.1 Å². The average Bonchev–Trinajstić information content (AvgIpc) is 2.79. The second-order valence-corrected chi connectivity index (χ2v) is 14.1. The number of oxime groups is 2. The van der Waals surface area contributed by atoms with Crippen molar-refractivity contribution >= 4 is 31.9 Å². The fraction of sp³-hybridized carbons (Fsp3) is 0.692. The molecule has 0 amide bonds. The standard InChI is InChI=1S/C26H46N4O8S2/c1-15(2)19-20(16(3)4)24(26(28)30-38-12-10-14-40(34,35)36)22(18(7)8)21(17(5)6)23(19)25(27)29-37-11-9-13-39(31,32)33/h15-18H,9-14H2,1-8H3,(H2,27,29)(H2,28,30)(H,31,32,33)(H,34,35,36). The molecule has 0 aliphatic carbocycles. The molecule has 230 valence electrons. The number of hydrogen-bond acceptors (Lipinski definition) is 8. The van der Waals surface area contributed by atoms with Gasteiger partial charge >= 0.3 is 0 Å². The van der Waals surface area contributed by atoms with Crippen molar-refractivity contribution in [2.24, 2.45) is 21.8 Å². The van der Waals surface area contributed by atoms with Gasteiger partial charge in [-0.2, -0.15) is 16.8 Å². The Kier molecular flexibility index (Phi) is 13.3. The van der Waals surface area contributed by atoms with Crippen LogP contribution in [-0.2, 0) is 29.9 Å². The lowest BCUT2D eigenvalue weighted by Gasteiger charge is -2.32. The quantitative estimate of drug-likeness (QED) is 0.0699. The molecule has 0 aliphatic heterocycles. The number of nitrogens with zero attached hydrogens (tertiary/aromatic N) is 2. The minimum absolute atomic E-state index is 0.0124. The fourth-order valence-corrected chi connectivity index (χ4v) is 5.68. The van der Waals surface area contributed by atoms with E-state index < -0.39 is 31.7 Å². The molecule has 0 bridgehead atoms. The minimum Gasteiger partial charge on any atom is -0.394 e. The predicted octanol–water partition coefficient (Wildman–Crippen LogP) is 4.01.